The molecule has 162 valence electrons. The summed E-state index contributed by atoms with van der Waals surface area (Å²) in [6.45, 7) is 7.16. The van der Waals surface area contributed by atoms with Crippen LogP contribution in [0.1, 0.15) is 48.3 Å². The second kappa shape index (κ2) is 9.31. The number of carbonyl (C=O) groups excluding carboxylic acids is 1. The average molecular weight is 437 g/mol. The van der Waals surface area contributed by atoms with E-state index in [1.165, 1.54) is 23.4 Å². The van der Waals surface area contributed by atoms with E-state index in [1.807, 2.05) is 0 Å². The third-order valence-electron chi connectivity index (χ3n) is 4.85. The molecule has 0 spiro atoms. The molecule has 0 saturated heterocycles. The maximum absolute atomic E-state index is 14.0. The van der Waals surface area contributed by atoms with Crippen LogP contribution >= 0.6 is 0 Å². The lowest BCUT2D eigenvalue weighted by molar-refractivity contribution is -0.385. The summed E-state index contributed by atoms with van der Waals surface area (Å²) < 4.78 is 40.4. The standard InChI is InChI=1S/C20H24FN3O5S/c1-5-23(6-2)30(28,29)17-9-7-15(8-10-17)14(4)22-20(25)16-11-18(21)13(3)19(12-16)24(26)27/h7-12,14H,5-6H2,1-4H3,(H,22,25). The number of nitro benzene ring substituents is 1. The Morgan fingerprint density at radius 3 is 2.27 bits per heavy atom. The van der Waals surface area contributed by atoms with Gasteiger partial charge in [-0.05, 0) is 37.6 Å². The zero-order valence-corrected chi connectivity index (χ0v) is 18.0. The van der Waals surface area contributed by atoms with E-state index in [4.69, 9.17) is 0 Å². The molecule has 0 fully saturated rings. The molecule has 0 saturated carbocycles. The van der Waals surface area contributed by atoms with E-state index in [0.717, 1.165) is 12.1 Å². The SMILES string of the molecule is CCN(CC)S(=O)(=O)c1ccc(C(C)NC(=O)c2cc(F)c(C)c([N+](=O)[O-])c2)cc1. The van der Waals surface area contributed by atoms with E-state index in [-0.39, 0.29) is 16.0 Å². The molecule has 0 heterocycles. The zero-order chi connectivity index (χ0) is 22.6. The molecular weight excluding hydrogens is 413 g/mol. The molecule has 0 aliphatic carbocycles. The molecule has 2 aromatic rings. The second-order valence-electron chi connectivity index (χ2n) is 6.71. The highest BCUT2D eigenvalue weighted by molar-refractivity contribution is 7.89. The Kier molecular flexibility index (Phi) is 7.27. The van der Waals surface area contributed by atoms with E-state index < -0.39 is 38.4 Å². The van der Waals surface area contributed by atoms with Crippen molar-refractivity contribution >= 4 is 21.6 Å². The molecule has 1 atom stereocenters. The van der Waals surface area contributed by atoms with Crippen LogP contribution in [0.3, 0.4) is 0 Å². The first-order chi connectivity index (χ1) is 14.0. The van der Waals surface area contributed by atoms with Crippen molar-refractivity contribution in [1.29, 1.82) is 0 Å². The molecule has 1 N–H and O–H groups in total. The summed E-state index contributed by atoms with van der Waals surface area (Å²) in [6.07, 6.45) is 0. The van der Waals surface area contributed by atoms with Crippen LogP contribution in [0.2, 0.25) is 0 Å². The summed E-state index contributed by atoms with van der Waals surface area (Å²) >= 11 is 0. The number of hydrogen-bond acceptors (Lipinski definition) is 5. The van der Waals surface area contributed by atoms with Crippen molar-refractivity contribution in [2.24, 2.45) is 0 Å². The van der Waals surface area contributed by atoms with Crippen LogP contribution in [0.4, 0.5) is 10.1 Å². The molecule has 2 aromatic carbocycles. The van der Waals surface area contributed by atoms with Crippen LogP contribution in [-0.4, -0.2) is 36.6 Å². The fraction of sp³-hybridized carbons (Fsp3) is 0.350. The van der Waals surface area contributed by atoms with Crippen LogP contribution in [0.15, 0.2) is 41.3 Å². The van der Waals surface area contributed by atoms with Gasteiger partial charge in [-0.3, -0.25) is 14.9 Å². The van der Waals surface area contributed by atoms with E-state index in [0.29, 0.717) is 18.7 Å². The number of rotatable bonds is 8. The molecule has 30 heavy (non-hydrogen) atoms. The van der Waals surface area contributed by atoms with Crippen LogP contribution in [-0.2, 0) is 10.0 Å². The van der Waals surface area contributed by atoms with Crippen molar-refractivity contribution in [2.45, 2.75) is 38.6 Å². The maximum Gasteiger partial charge on any atom is 0.276 e. The molecule has 0 bridgehead atoms. The predicted octanol–water partition coefficient (Wildman–Crippen LogP) is 3.56. The summed E-state index contributed by atoms with van der Waals surface area (Å²) in [5, 5.41) is 13.7. The van der Waals surface area contributed by atoms with Gasteiger partial charge in [-0.1, -0.05) is 26.0 Å². The zero-order valence-electron chi connectivity index (χ0n) is 17.2. The van der Waals surface area contributed by atoms with Gasteiger partial charge in [0.05, 0.1) is 21.4 Å². The van der Waals surface area contributed by atoms with Gasteiger partial charge in [0.2, 0.25) is 10.0 Å². The molecule has 0 aromatic heterocycles. The first kappa shape index (κ1) is 23.4. The maximum atomic E-state index is 14.0. The highest BCUT2D eigenvalue weighted by atomic mass is 32.2. The molecule has 10 heteroatoms. The quantitative estimate of drug-likeness (QED) is 0.502. The Bertz CT molecular complexity index is 1050. The minimum Gasteiger partial charge on any atom is -0.346 e. The minimum absolute atomic E-state index is 0.143. The van der Waals surface area contributed by atoms with Gasteiger partial charge in [-0.25, -0.2) is 12.8 Å². The number of hydrogen-bond donors (Lipinski definition) is 1. The molecule has 1 amide bonds. The molecule has 1 unspecified atom stereocenters. The van der Waals surface area contributed by atoms with Gasteiger partial charge in [0, 0.05) is 24.7 Å². The highest BCUT2D eigenvalue weighted by Gasteiger charge is 2.23. The molecule has 0 radical (unpaired) electrons. The fourth-order valence-corrected chi connectivity index (χ4v) is 4.45. The summed E-state index contributed by atoms with van der Waals surface area (Å²) in [4.78, 5) is 22.9. The van der Waals surface area contributed by atoms with Crippen molar-refractivity contribution in [3.05, 3.63) is 69.0 Å². The van der Waals surface area contributed by atoms with Gasteiger partial charge in [0.25, 0.3) is 11.6 Å². The molecule has 0 aliphatic rings. The number of amides is 1. The second-order valence-corrected chi connectivity index (χ2v) is 8.65. The fourth-order valence-electron chi connectivity index (χ4n) is 2.99. The Morgan fingerprint density at radius 2 is 1.77 bits per heavy atom. The number of nitrogens with zero attached hydrogens (tertiary/aromatic N) is 2. The van der Waals surface area contributed by atoms with Crippen molar-refractivity contribution in [3.63, 3.8) is 0 Å². The average Bonchev–Trinajstić information content (AvgIpc) is 2.70. The van der Waals surface area contributed by atoms with Gasteiger partial charge in [-0.2, -0.15) is 4.31 Å². The van der Waals surface area contributed by atoms with Gasteiger partial charge >= 0.3 is 0 Å². The minimum atomic E-state index is -3.59. The summed E-state index contributed by atoms with van der Waals surface area (Å²) in [5.41, 5.74) is -0.158. The summed E-state index contributed by atoms with van der Waals surface area (Å²) in [7, 11) is -3.59. The third kappa shape index (κ3) is 4.82. The molecule has 0 aliphatic heterocycles. The lowest BCUT2D eigenvalue weighted by atomic mass is 10.1. The third-order valence-corrected chi connectivity index (χ3v) is 6.91. The first-order valence-electron chi connectivity index (χ1n) is 9.38. The largest absolute Gasteiger partial charge is 0.346 e. The topological polar surface area (TPSA) is 110 Å². The Hall–Kier alpha value is -2.85. The number of nitro groups is 1. The highest BCUT2D eigenvalue weighted by Crippen LogP contribution is 2.24. The normalized spacial score (nSPS) is 12.6. The van der Waals surface area contributed by atoms with Crippen LogP contribution in [0, 0.1) is 22.9 Å². The Labute approximate surface area is 174 Å². The van der Waals surface area contributed by atoms with Crippen LogP contribution < -0.4 is 5.32 Å². The number of carbonyl (C=O) groups is 1. The van der Waals surface area contributed by atoms with Gasteiger partial charge < -0.3 is 5.32 Å². The number of halogens is 1. The van der Waals surface area contributed by atoms with Gasteiger partial charge in [0.1, 0.15) is 5.82 Å². The van der Waals surface area contributed by atoms with Crippen molar-refractivity contribution in [3.8, 4) is 0 Å². The monoisotopic (exact) mass is 437 g/mol. The lowest BCUT2D eigenvalue weighted by Gasteiger charge is -2.19. The van der Waals surface area contributed by atoms with E-state index in [2.05, 4.69) is 5.32 Å². The van der Waals surface area contributed by atoms with Crippen LogP contribution in [0.25, 0.3) is 0 Å². The summed E-state index contributed by atoms with van der Waals surface area (Å²) in [6, 6.07) is 7.53. The number of nitrogens with one attached hydrogen (secondary N) is 1. The number of sulfonamides is 1. The molecular formula is C20H24FN3O5S. The molecule has 2 rings (SSSR count). The van der Waals surface area contributed by atoms with Crippen molar-refractivity contribution < 1.29 is 22.5 Å². The van der Waals surface area contributed by atoms with Crippen LogP contribution in [0.5, 0.6) is 0 Å². The van der Waals surface area contributed by atoms with E-state index in [9.17, 15) is 27.7 Å². The van der Waals surface area contributed by atoms with E-state index in [1.54, 1.807) is 32.9 Å². The Morgan fingerprint density at radius 1 is 1.20 bits per heavy atom. The lowest BCUT2D eigenvalue weighted by Crippen LogP contribution is -2.30. The smallest absolute Gasteiger partial charge is 0.276 e. The Balaban J connectivity index is 2.22. The summed E-state index contributed by atoms with van der Waals surface area (Å²) in [5.74, 6) is -1.52. The first-order valence-corrected chi connectivity index (χ1v) is 10.8. The van der Waals surface area contributed by atoms with Crippen molar-refractivity contribution in [1.82, 2.24) is 9.62 Å². The predicted molar refractivity (Wildman–Crippen MR) is 110 cm³/mol. The molecule has 8 nitrogen and oxygen atoms in total. The van der Waals surface area contributed by atoms with Gasteiger partial charge in [-0.15, -0.1) is 0 Å². The van der Waals surface area contributed by atoms with E-state index >= 15 is 0 Å². The van der Waals surface area contributed by atoms with Gasteiger partial charge in [0.15, 0.2) is 0 Å². The number of benzene rings is 2. The van der Waals surface area contributed by atoms with Crippen molar-refractivity contribution in [2.75, 3.05) is 13.1 Å².